The fourth-order valence-corrected chi connectivity index (χ4v) is 3.40. The third-order valence-electron chi connectivity index (χ3n) is 4.01. The van der Waals surface area contributed by atoms with Gasteiger partial charge < -0.3 is 19.9 Å². The number of ether oxygens (including phenoxy) is 1. The molecule has 3 amide bonds. The summed E-state index contributed by atoms with van der Waals surface area (Å²) in [4.78, 5) is 33.5. The molecule has 0 bridgehead atoms. The highest BCUT2D eigenvalue weighted by atomic mass is 32.1. The Morgan fingerprint density at radius 2 is 2.29 bits per heavy atom. The van der Waals surface area contributed by atoms with Crippen LogP contribution in [-0.4, -0.2) is 73.2 Å². The van der Waals surface area contributed by atoms with Crippen molar-refractivity contribution in [1.82, 2.24) is 20.1 Å². The van der Waals surface area contributed by atoms with E-state index in [1.165, 1.54) is 0 Å². The number of hydrogen-bond donors (Lipinski definition) is 1. The SMILES string of the molecule is COCCN1CCCN(C(=O)NC[C@@H](C)c2ncc(C)s2)CC1=O. The van der Waals surface area contributed by atoms with Crippen molar-refractivity contribution in [1.29, 1.82) is 0 Å². The van der Waals surface area contributed by atoms with Gasteiger partial charge in [0.05, 0.1) is 11.6 Å². The first kappa shape index (κ1) is 18.7. The molecule has 1 N–H and O–H groups in total. The largest absolute Gasteiger partial charge is 0.383 e. The van der Waals surface area contributed by atoms with E-state index in [-0.39, 0.29) is 24.4 Å². The number of aromatic nitrogens is 1. The van der Waals surface area contributed by atoms with Crippen LogP contribution in [0.5, 0.6) is 0 Å². The maximum absolute atomic E-state index is 12.4. The first-order chi connectivity index (χ1) is 11.5. The van der Waals surface area contributed by atoms with E-state index in [1.807, 2.05) is 20.0 Å². The molecule has 24 heavy (non-hydrogen) atoms. The number of carbonyl (C=O) groups excluding carboxylic acids is 2. The van der Waals surface area contributed by atoms with Crippen LogP contribution in [0.25, 0.3) is 0 Å². The van der Waals surface area contributed by atoms with Crippen molar-refractivity contribution in [2.24, 2.45) is 0 Å². The lowest BCUT2D eigenvalue weighted by molar-refractivity contribution is -0.131. The third kappa shape index (κ3) is 5.17. The van der Waals surface area contributed by atoms with E-state index in [2.05, 4.69) is 10.3 Å². The van der Waals surface area contributed by atoms with Crippen molar-refractivity contribution in [3.8, 4) is 0 Å². The van der Waals surface area contributed by atoms with E-state index < -0.39 is 0 Å². The summed E-state index contributed by atoms with van der Waals surface area (Å²) in [5.41, 5.74) is 0. The minimum absolute atomic E-state index is 0.0247. The fraction of sp³-hybridized carbons (Fsp3) is 0.688. The number of nitrogens with zero attached hydrogens (tertiary/aromatic N) is 3. The maximum Gasteiger partial charge on any atom is 0.317 e. The molecule has 0 aliphatic carbocycles. The van der Waals surface area contributed by atoms with E-state index in [4.69, 9.17) is 4.74 Å². The number of nitrogens with one attached hydrogen (secondary N) is 1. The average Bonchev–Trinajstić information content (AvgIpc) is 2.91. The Morgan fingerprint density at radius 1 is 1.50 bits per heavy atom. The Balaban J connectivity index is 1.82. The standard InChI is InChI=1S/C16H26N4O3S/c1-12(15-17-10-13(2)24-15)9-18-16(22)20-6-4-5-19(7-8-23-3)14(21)11-20/h10,12H,4-9,11H2,1-3H3,(H,18,22)/t12-/m1/s1. The number of urea groups is 1. The molecule has 1 atom stereocenters. The quantitative estimate of drug-likeness (QED) is 0.839. The fourth-order valence-electron chi connectivity index (χ4n) is 2.57. The molecule has 7 nitrogen and oxygen atoms in total. The molecule has 0 saturated carbocycles. The molecule has 2 heterocycles. The van der Waals surface area contributed by atoms with Crippen LogP contribution in [0.2, 0.25) is 0 Å². The zero-order chi connectivity index (χ0) is 17.5. The van der Waals surface area contributed by atoms with E-state index in [9.17, 15) is 9.59 Å². The highest BCUT2D eigenvalue weighted by molar-refractivity contribution is 7.11. The van der Waals surface area contributed by atoms with Gasteiger partial charge in [-0.15, -0.1) is 11.3 Å². The highest BCUT2D eigenvalue weighted by Crippen LogP contribution is 2.20. The van der Waals surface area contributed by atoms with Crippen molar-refractivity contribution in [2.45, 2.75) is 26.2 Å². The number of hydrogen-bond acceptors (Lipinski definition) is 5. The molecular weight excluding hydrogens is 328 g/mol. The van der Waals surface area contributed by atoms with Gasteiger partial charge in [-0.2, -0.15) is 0 Å². The number of aryl methyl sites for hydroxylation is 1. The topological polar surface area (TPSA) is 74.8 Å². The Hall–Kier alpha value is -1.67. The van der Waals surface area contributed by atoms with Crippen molar-refractivity contribution in [2.75, 3.05) is 46.4 Å². The molecule has 0 radical (unpaired) electrons. The Bertz CT molecular complexity index is 563. The summed E-state index contributed by atoms with van der Waals surface area (Å²) < 4.78 is 5.02. The van der Waals surface area contributed by atoms with Crippen molar-refractivity contribution >= 4 is 23.3 Å². The molecule has 134 valence electrons. The number of thiazole rings is 1. The summed E-state index contributed by atoms with van der Waals surface area (Å²) in [6.07, 6.45) is 2.63. The molecular formula is C16H26N4O3S. The lowest BCUT2D eigenvalue weighted by Crippen LogP contribution is -2.45. The van der Waals surface area contributed by atoms with Crippen LogP contribution in [0.15, 0.2) is 6.20 Å². The molecule has 1 saturated heterocycles. The van der Waals surface area contributed by atoms with E-state index in [1.54, 1.807) is 28.2 Å². The van der Waals surface area contributed by atoms with E-state index >= 15 is 0 Å². The minimum atomic E-state index is -0.183. The van der Waals surface area contributed by atoms with Gasteiger partial charge in [0.25, 0.3) is 0 Å². The third-order valence-corrected chi connectivity index (χ3v) is 5.15. The van der Waals surface area contributed by atoms with E-state index in [0.717, 1.165) is 16.3 Å². The number of amides is 3. The lowest BCUT2D eigenvalue weighted by atomic mass is 10.2. The van der Waals surface area contributed by atoms with Crippen LogP contribution in [0.3, 0.4) is 0 Å². The molecule has 0 spiro atoms. The number of rotatable bonds is 6. The summed E-state index contributed by atoms with van der Waals surface area (Å²) in [6, 6.07) is -0.183. The van der Waals surface area contributed by atoms with Gasteiger partial charge in [0.2, 0.25) is 5.91 Å². The van der Waals surface area contributed by atoms with Crippen LogP contribution in [0.1, 0.15) is 29.1 Å². The lowest BCUT2D eigenvalue weighted by Gasteiger charge is -2.22. The number of carbonyl (C=O) groups is 2. The molecule has 1 aliphatic heterocycles. The van der Waals surface area contributed by atoms with Gasteiger partial charge >= 0.3 is 6.03 Å². The zero-order valence-corrected chi connectivity index (χ0v) is 15.4. The maximum atomic E-state index is 12.4. The second-order valence-electron chi connectivity index (χ2n) is 6.04. The minimum Gasteiger partial charge on any atom is -0.383 e. The van der Waals surface area contributed by atoms with Crippen molar-refractivity contribution < 1.29 is 14.3 Å². The van der Waals surface area contributed by atoms with Gasteiger partial charge in [-0.05, 0) is 13.3 Å². The van der Waals surface area contributed by atoms with Gasteiger partial charge in [-0.1, -0.05) is 6.92 Å². The van der Waals surface area contributed by atoms with Gasteiger partial charge in [0, 0.05) is 50.3 Å². The summed E-state index contributed by atoms with van der Waals surface area (Å²) >= 11 is 1.65. The van der Waals surface area contributed by atoms with Crippen LogP contribution >= 0.6 is 11.3 Å². The van der Waals surface area contributed by atoms with Crippen LogP contribution < -0.4 is 5.32 Å². The monoisotopic (exact) mass is 354 g/mol. The van der Waals surface area contributed by atoms with Gasteiger partial charge in [0.1, 0.15) is 6.54 Å². The molecule has 1 fully saturated rings. The highest BCUT2D eigenvalue weighted by Gasteiger charge is 2.25. The molecule has 1 aliphatic rings. The second kappa shape index (κ2) is 8.98. The predicted octanol–water partition coefficient (Wildman–Crippen LogP) is 1.45. The van der Waals surface area contributed by atoms with Gasteiger partial charge in [-0.3, -0.25) is 4.79 Å². The Kier molecular flexibility index (Phi) is 6.99. The zero-order valence-electron chi connectivity index (χ0n) is 14.6. The van der Waals surface area contributed by atoms with Gasteiger partial charge in [0.15, 0.2) is 0 Å². The van der Waals surface area contributed by atoms with Crippen LogP contribution in [0, 0.1) is 6.92 Å². The summed E-state index contributed by atoms with van der Waals surface area (Å²) in [5.74, 6) is 0.136. The van der Waals surface area contributed by atoms with Gasteiger partial charge in [-0.25, -0.2) is 9.78 Å². The predicted molar refractivity (Wildman–Crippen MR) is 93.3 cm³/mol. The number of methoxy groups -OCH3 is 1. The van der Waals surface area contributed by atoms with Crippen molar-refractivity contribution in [3.63, 3.8) is 0 Å². The Morgan fingerprint density at radius 3 is 2.96 bits per heavy atom. The molecule has 1 aromatic heterocycles. The average molecular weight is 354 g/mol. The second-order valence-corrected chi connectivity index (χ2v) is 7.31. The molecule has 2 rings (SSSR count). The van der Waals surface area contributed by atoms with Crippen molar-refractivity contribution in [3.05, 3.63) is 16.1 Å². The van der Waals surface area contributed by atoms with Crippen LogP contribution in [0.4, 0.5) is 4.79 Å². The normalized spacial score (nSPS) is 16.9. The first-order valence-electron chi connectivity index (χ1n) is 8.23. The first-order valence-corrected chi connectivity index (χ1v) is 9.04. The Labute approximate surface area is 147 Å². The molecule has 8 heteroatoms. The summed E-state index contributed by atoms with van der Waals surface area (Å²) in [6.45, 7) is 7.05. The smallest absolute Gasteiger partial charge is 0.317 e. The molecule has 1 aromatic rings. The van der Waals surface area contributed by atoms with E-state index in [0.29, 0.717) is 32.8 Å². The summed E-state index contributed by atoms with van der Waals surface area (Å²) in [7, 11) is 1.62. The molecule has 0 unspecified atom stereocenters. The van der Waals surface area contributed by atoms with Crippen LogP contribution in [-0.2, 0) is 9.53 Å². The summed E-state index contributed by atoms with van der Waals surface area (Å²) in [5, 5.41) is 3.94. The molecule has 0 aromatic carbocycles.